The van der Waals surface area contributed by atoms with Gasteiger partial charge in [0.1, 0.15) is 5.75 Å². The molecule has 0 fully saturated rings. The monoisotopic (exact) mass is 311 g/mol. The Kier molecular flexibility index (Phi) is 4.23. The van der Waals surface area contributed by atoms with Crippen LogP contribution in [0.15, 0.2) is 58.0 Å². The van der Waals surface area contributed by atoms with Crippen LogP contribution in [-0.4, -0.2) is 21.8 Å². The quantitative estimate of drug-likeness (QED) is 0.724. The van der Waals surface area contributed by atoms with Crippen LogP contribution in [0.25, 0.3) is 0 Å². The number of aromatic nitrogens is 3. The fourth-order valence-corrected chi connectivity index (χ4v) is 2.29. The van der Waals surface area contributed by atoms with Crippen LogP contribution in [0.1, 0.15) is 30.1 Å². The third kappa shape index (κ3) is 3.31. The van der Waals surface area contributed by atoms with E-state index < -0.39 is 0 Å². The van der Waals surface area contributed by atoms with E-state index in [0.29, 0.717) is 18.3 Å². The van der Waals surface area contributed by atoms with Gasteiger partial charge in [0.2, 0.25) is 5.89 Å². The molecule has 6 heteroatoms. The number of benzene rings is 1. The molecule has 0 saturated heterocycles. The summed E-state index contributed by atoms with van der Waals surface area (Å²) in [5.41, 5.74) is 0.958. The summed E-state index contributed by atoms with van der Waals surface area (Å²) in [6.07, 6.45) is 1.70. The molecule has 0 bridgehead atoms. The Morgan fingerprint density at radius 1 is 1.22 bits per heavy atom. The van der Waals surface area contributed by atoms with Gasteiger partial charge in [0.05, 0.1) is 19.6 Å². The molecular formula is C17H17N3O3. The second-order valence-corrected chi connectivity index (χ2v) is 5.21. The normalized spacial score (nSPS) is 12.1. The van der Waals surface area contributed by atoms with Gasteiger partial charge >= 0.3 is 0 Å². The third-order valence-corrected chi connectivity index (χ3v) is 3.68. The van der Waals surface area contributed by atoms with Crippen molar-refractivity contribution in [2.24, 2.45) is 0 Å². The zero-order chi connectivity index (χ0) is 16.2. The molecule has 0 aliphatic heterocycles. The number of hydrogen-bond donors (Lipinski definition) is 0. The third-order valence-electron chi connectivity index (χ3n) is 3.68. The molecule has 0 saturated carbocycles. The van der Waals surface area contributed by atoms with Crippen molar-refractivity contribution in [3.05, 3.63) is 76.3 Å². The van der Waals surface area contributed by atoms with E-state index >= 15 is 0 Å². The van der Waals surface area contributed by atoms with Gasteiger partial charge in [-0.05, 0) is 30.7 Å². The van der Waals surface area contributed by atoms with Crippen LogP contribution in [0.4, 0.5) is 0 Å². The SMILES string of the molecule is COc1ccc([C@H](C)c2nc(Cn3ccccc3=O)no2)cc1. The first-order chi connectivity index (χ1) is 11.2. The molecule has 2 aromatic heterocycles. The van der Waals surface area contributed by atoms with Gasteiger partial charge in [-0.2, -0.15) is 4.98 Å². The maximum absolute atomic E-state index is 11.7. The fraction of sp³-hybridized carbons (Fsp3) is 0.235. The number of hydrogen-bond acceptors (Lipinski definition) is 5. The number of nitrogens with zero attached hydrogens (tertiary/aromatic N) is 3. The van der Waals surface area contributed by atoms with Crippen LogP contribution in [0, 0.1) is 0 Å². The maximum atomic E-state index is 11.7. The Hall–Kier alpha value is -2.89. The van der Waals surface area contributed by atoms with Gasteiger partial charge in [-0.3, -0.25) is 4.79 Å². The lowest BCUT2D eigenvalue weighted by Gasteiger charge is -2.07. The van der Waals surface area contributed by atoms with Crippen molar-refractivity contribution < 1.29 is 9.26 Å². The van der Waals surface area contributed by atoms with Crippen LogP contribution < -0.4 is 10.3 Å². The van der Waals surface area contributed by atoms with Gasteiger partial charge < -0.3 is 13.8 Å². The molecule has 23 heavy (non-hydrogen) atoms. The van der Waals surface area contributed by atoms with Gasteiger partial charge in [0.25, 0.3) is 5.56 Å². The first-order valence-electron chi connectivity index (χ1n) is 7.29. The summed E-state index contributed by atoms with van der Waals surface area (Å²) < 4.78 is 12.0. The molecular weight excluding hydrogens is 294 g/mol. The van der Waals surface area contributed by atoms with Crippen LogP contribution in [0.2, 0.25) is 0 Å². The van der Waals surface area contributed by atoms with Crippen molar-refractivity contribution in [3.8, 4) is 5.75 Å². The highest BCUT2D eigenvalue weighted by Gasteiger charge is 2.16. The predicted molar refractivity (Wildman–Crippen MR) is 84.6 cm³/mol. The van der Waals surface area contributed by atoms with Crippen molar-refractivity contribution in [1.82, 2.24) is 14.7 Å². The van der Waals surface area contributed by atoms with E-state index in [2.05, 4.69) is 10.1 Å². The minimum absolute atomic E-state index is 0.0327. The molecule has 2 heterocycles. The summed E-state index contributed by atoms with van der Waals surface area (Å²) >= 11 is 0. The molecule has 0 amide bonds. The summed E-state index contributed by atoms with van der Waals surface area (Å²) in [6, 6.07) is 12.7. The zero-order valence-electron chi connectivity index (χ0n) is 13.0. The largest absolute Gasteiger partial charge is 0.497 e. The lowest BCUT2D eigenvalue weighted by atomic mass is 10.0. The predicted octanol–water partition coefficient (Wildman–Crippen LogP) is 2.44. The minimum atomic E-state index is -0.0953. The Labute approximate surface area is 133 Å². The van der Waals surface area contributed by atoms with E-state index in [4.69, 9.17) is 9.26 Å². The van der Waals surface area contributed by atoms with Crippen molar-refractivity contribution >= 4 is 0 Å². The minimum Gasteiger partial charge on any atom is -0.497 e. The van der Waals surface area contributed by atoms with E-state index in [-0.39, 0.29) is 11.5 Å². The Morgan fingerprint density at radius 2 is 2.00 bits per heavy atom. The number of rotatable bonds is 5. The Morgan fingerprint density at radius 3 is 2.70 bits per heavy atom. The van der Waals surface area contributed by atoms with Crippen molar-refractivity contribution in [1.29, 1.82) is 0 Å². The second-order valence-electron chi connectivity index (χ2n) is 5.21. The lowest BCUT2D eigenvalue weighted by Crippen LogP contribution is -2.18. The maximum Gasteiger partial charge on any atom is 0.250 e. The molecule has 3 rings (SSSR count). The van der Waals surface area contributed by atoms with E-state index in [1.54, 1.807) is 25.4 Å². The van der Waals surface area contributed by atoms with Crippen molar-refractivity contribution in [2.45, 2.75) is 19.4 Å². The summed E-state index contributed by atoms with van der Waals surface area (Å²) in [5, 5.41) is 3.96. The number of ether oxygens (including phenoxy) is 1. The van der Waals surface area contributed by atoms with Crippen LogP contribution in [0.5, 0.6) is 5.75 Å². The molecule has 1 atom stereocenters. The fourth-order valence-electron chi connectivity index (χ4n) is 2.29. The summed E-state index contributed by atoms with van der Waals surface area (Å²) in [4.78, 5) is 16.1. The molecule has 0 unspecified atom stereocenters. The van der Waals surface area contributed by atoms with Gasteiger partial charge in [-0.25, -0.2) is 0 Å². The zero-order valence-corrected chi connectivity index (χ0v) is 13.0. The van der Waals surface area contributed by atoms with E-state index in [9.17, 15) is 4.79 Å². The van der Waals surface area contributed by atoms with Crippen LogP contribution in [0.3, 0.4) is 0 Å². The van der Waals surface area contributed by atoms with E-state index in [1.807, 2.05) is 31.2 Å². The van der Waals surface area contributed by atoms with Crippen LogP contribution >= 0.6 is 0 Å². The van der Waals surface area contributed by atoms with Gasteiger partial charge in [0.15, 0.2) is 5.82 Å². The first-order valence-corrected chi connectivity index (χ1v) is 7.29. The van der Waals surface area contributed by atoms with Gasteiger partial charge in [0, 0.05) is 12.3 Å². The first kappa shape index (κ1) is 15.0. The molecule has 6 nitrogen and oxygen atoms in total. The van der Waals surface area contributed by atoms with Crippen molar-refractivity contribution in [2.75, 3.05) is 7.11 Å². The standard InChI is InChI=1S/C17H17N3O3/c1-12(13-6-8-14(22-2)9-7-13)17-18-15(19-23-17)11-20-10-4-3-5-16(20)21/h3-10,12H,11H2,1-2H3/t12-/m0/s1. The van der Waals surface area contributed by atoms with Crippen molar-refractivity contribution in [3.63, 3.8) is 0 Å². The topological polar surface area (TPSA) is 70.2 Å². The molecule has 0 aliphatic carbocycles. The smallest absolute Gasteiger partial charge is 0.250 e. The highest BCUT2D eigenvalue weighted by molar-refractivity contribution is 5.31. The van der Waals surface area contributed by atoms with Gasteiger partial charge in [-0.1, -0.05) is 23.4 Å². The average molecular weight is 311 g/mol. The molecule has 0 N–H and O–H groups in total. The molecule has 3 aromatic rings. The number of methoxy groups -OCH3 is 1. The van der Waals surface area contributed by atoms with E-state index in [1.165, 1.54) is 10.6 Å². The Bertz CT molecular complexity index is 837. The highest BCUT2D eigenvalue weighted by atomic mass is 16.5. The molecule has 0 spiro atoms. The highest BCUT2D eigenvalue weighted by Crippen LogP contribution is 2.24. The molecule has 0 aliphatic rings. The van der Waals surface area contributed by atoms with Gasteiger partial charge in [-0.15, -0.1) is 0 Å². The summed E-state index contributed by atoms with van der Waals surface area (Å²) in [6.45, 7) is 2.28. The average Bonchev–Trinajstić information content (AvgIpc) is 3.05. The lowest BCUT2D eigenvalue weighted by molar-refractivity contribution is 0.364. The molecule has 118 valence electrons. The molecule has 0 radical (unpaired) electrons. The molecule has 1 aromatic carbocycles. The number of pyridine rings is 1. The Balaban J connectivity index is 1.78. The summed E-state index contributed by atoms with van der Waals surface area (Å²) in [7, 11) is 1.63. The second kappa shape index (κ2) is 6.48. The van der Waals surface area contributed by atoms with Crippen LogP contribution in [-0.2, 0) is 6.54 Å². The van der Waals surface area contributed by atoms with E-state index in [0.717, 1.165) is 11.3 Å². The summed E-state index contributed by atoms with van der Waals surface area (Å²) in [5.74, 6) is 1.77.